The molecule has 1 aromatic carbocycles. The maximum atomic E-state index is 4.69. The molecule has 2 aliphatic carbocycles. The Balaban J connectivity index is 2.17. The average Bonchev–Trinajstić information content (AvgIpc) is 2.76. The van der Waals surface area contributed by atoms with Gasteiger partial charge in [-0.2, -0.15) is 5.10 Å². The van der Waals surface area contributed by atoms with Gasteiger partial charge in [0.25, 0.3) is 0 Å². The van der Waals surface area contributed by atoms with Crippen LogP contribution in [-0.2, 0) is 5.54 Å². The van der Waals surface area contributed by atoms with Crippen molar-refractivity contribution >= 4 is 17.9 Å². The summed E-state index contributed by atoms with van der Waals surface area (Å²) in [5, 5.41) is 6.63. The van der Waals surface area contributed by atoms with Crippen molar-refractivity contribution in [1.82, 2.24) is 5.43 Å². The summed E-state index contributed by atoms with van der Waals surface area (Å²) < 4.78 is 0. The van der Waals surface area contributed by atoms with Crippen molar-refractivity contribution in [3.8, 4) is 0 Å². The largest absolute Gasteiger partial charge is 0.289 e. The molecular weight excluding hydrogens is 198 g/mol. The molecule has 0 fully saturated rings. The topological polar surface area (TPSA) is 36.8 Å². The molecule has 16 heavy (non-hydrogen) atoms. The summed E-state index contributed by atoms with van der Waals surface area (Å²) in [6.07, 6.45) is 8.29. The summed E-state index contributed by atoms with van der Waals surface area (Å²) in [6.45, 7) is 0. The number of allylic oxidation sites excluding steroid dienone is 2. The Hall–Kier alpha value is -2.16. The summed E-state index contributed by atoms with van der Waals surface area (Å²) >= 11 is 0. The van der Waals surface area contributed by atoms with Crippen LogP contribution in [0, 0.1) is 0 Å². The Kier molecular flexibility index (Phi) is 0.848. The van der Waals surface area contributed by atoms with Crippen LogP contribution in [0.25, 0.3) is 11.6 Å². The van der Waals surface area contributed by atoms with Crippen molar-refractivity contribution in [3.05, 3.63) is 51.7 Å². The number of nitrogens with zero attached hydrogens (tertiary/aromatic N) is 2. The highest BCUT2D eigenvalue weighted by Crippen LogP contribution is 2.47. The first-order valence-electron chi connectivity index (χ1n) is 5.37. The summed E-state index contributed by atoms with van der Waals surface area (Å²) in [7, 11) is 0. The van der Waals surface area contributed by atoms with Crippen molar-refractivity contribution < 1.29 is 0 Å². The molecule has 0 saturated heterocycles. The van der Waals surface area contributed by atoms with Crippen LogP contribution < -0.4 is 16.0 Å². The molecule has 0 amide bonds. The van der Waals surface area contributed by atoms with E-state index in [4.69, 9.17) is 4.99 Å². The minimum Gasteiger partial charge on any atom is -0.289 e. The van der Waals surface area contributed by atoms with Crippen LogP contribution in [0.5, 0.6) is 0 Å². The fourth-order valence-electron chi connectivity index (χ4n) is 3.18. The highest BCUT2D eigenvalue weighted by atomic mass is 15.3. The molecule has 2 aliphatic heterocycles. The van der Waals surface area contributed by atoms with E-state index in [1.54, 1.807) is 0 Å². The Morgan fingerprint density at radius 1 is 1.25 bits per heavy atom. The molecule has 1 aromatic rings. The molecule has 4 bridgehead atoms. The fraction of sp³-hybridized carbons (Fsp3) is 0.0769. The van der Waals surface area contributed by atoms with E-state index in [-0.39, 0.29) is 5.54 Å². The highest BCUT2D eigenvalue weighted by Gasteiger charge is 2.49. The molecule has 3 heteroatoms. The van der Waals surface area contributed by atoms with E-state index in [1.165, 1.54) is 21.9 Å². The van der Waals surface area contributed by atoms with E-state index >= 15 is 0 Å². The second-order valence-electron chi connectivity index (χ2n) is 4.50. The van der Waals surface area contributed by atoms with Gasteiger partial charge in [-0.15, -0.1) is 0 Å². The molecule has 1 atom stereocenters. The molecule has 2 heterocycles. The van der Waals surface area contributed by atoms with Crippen LogP contribution in [0.15, 0.2) is 40.1 Å². The van der Waals surface area contributed by atoms with Crippen molar-refractivity contribution in [2.24, 2.45) is 10.1 Å². The normalized spacial score (nSPS) is 29.0. The molecule has 1 unspecified atom stereocenters. The van der Waals surface area contributed by atoms with E-state index in [0.717, 1.165) is 11.1 Å². The van der Waals surface area contributed by atoms with Crippen molar-refractivity contribution in [1.29, 1.82) is 0 Å². The lowest BCUT2D eigenvalue weighted by Gasteiger charge is -2.32. The Morgan fingerprint density at radius 3 is 3.25 bits per heavy atom. The lowest BCUT2D eigenvalue weighted by Crippen LogP contribution is -2.45. The SMILES string of the molecule is C1=CC23NN=CC4=C2N=c2ccc(c3c24)=C1. The van der Waals surface area contributed by atoms with Gasteiger partial charge in [-0.1, -0.05) is 18.2 Å². The zero-order valence-corrected chi connectivity index (χ0v) is 8.36. The smallest absolute Gasteiger partial charge is 0.142 e. The van der Waals surface area contributed by atoms with E-state index in [1.807, 2.05) is 6.21 Å². The fourth-order valence-corrected chi connectivity index (χ4v) is 3.18. The molecule has 0 saturated carbocycles. The van der Waals surface area contributed by atoms with Crippen LogP contribution in [0.3, 0.4) is 0 Å². The standard InChI is InChI=1S/C13H7N3/c1-2-7-3-4-9-10-8-6-14-16-13(5-1,11(7)10)12(8)15-9/h1-6,16H. The molecular formula is C13H7N3. The predicted octanol–water partition coefficient (Wildman–Crippen LogP) is 0.179. The number of nitrogens with one attached hydrogen (secondary N) is 1. The summed E-state index contributed by atoms with van der Waals surface area (Å²) in [5.41, 5.74) is 7.90. The Labute approximate surface area is 91.2 Å². The van der Waals surface area contributed by atoms with Gasteiger partial charge in [-0.3, -0.25) is 5.43 Å². The molecule has 4 aliphatic rings. The number of hydrazone groups is 1. The molecule has 3 nitrogen and oxygen atoms in total. The van der Waals surface area contributed by atoms with Gasteiger partial charge in [0.05, 0.1) is 17.3 Å². The molecule has 1 spiro atoms. The minimum atomic E-state index is -0.266. The van der Waals surface area contributed by atoms with Crippen molar-refractivity contribution in [2.75, 3.05) is 0 Å². The van der Waals surface area contributed by atoms with Gasteiger partial charge in [0.1, 0.15) is 5.54 Å². The summed E-state index contributed by atoms with van der Waals surface area (Å²) in [5.74, 6) is 0. The van der Waals surface area contributed by atoms with Gasteiger partial charge in [0, 0.05) is 16.7 Å². The zero-order valence-electron chi connectivity index (χ0n) is 8.36. The highest BCUT2D eigenvalue weighted by molar-refractivity contribution is 6.16. The van der Waals surface area contributed by atoms with Crippen LogP contribution in [0.2, 0.25) is 0 Å². The second kappa shape index (κ2) is 1.89. The Bertz CT molecular complexity index is 780. The van der Waals surface area contributed by atoms with Gasteiger partial charge in [-0.05, 0) is 17.4 Å². The van der Waals surface area contributed by atoms with Crippen LogP contribution in [0.1, 0.15) is 11.1 Å². The molecule has 0 radical (unpaired) electrons. The maximum Gasteiger partial charge on any atom is 0.142 e. The molecule has 0 aromatic heterocycles. The second-order valence-corrected chi connectivity index (χ2v) is 4.50. The number of hydrogen-bond donors (Lipinski definition) is 1. The monoisotopic (exact) mass is 205 g/mol. The first-order chi connectivity index (χ1) is 7.90. The maximum absolute atomic E-state index is 4.69. The summed E-state index contributed by atoms with van der Waals surface area (Å²) in [4.78, 5) is 4.69. The van der Waals surface area contributed by atoms with Crippen LogP contribution in [0.4, 0.5) is 0 Å². The van der Waals surface area contributed by atoms with Gasteiger partial charge in [0.15, 0.2) is 0 Å². The third kappa shape index (κ3) is 0.498. The van der Waals surface area contributed by atoms with Gasteiger partial charge in [-0.25, -0.2) is 4.99 Å². The minimum absolute atomic E-state index is 0.266. The number of benzene rings is 1. The van der Waals surface area contributed by atoms with Gasteiger partial charge < -0.3 is 0 Å². The molecule has 1 N–H and O–H groups in total. The van der Waals surface area contributed by atoms with E-state index in [2.05, 4.69) is 40.9 Å². The van der Waals surface area contributed by atoms with Crippen molar-refractivity contribution in [2.45, 2.75) is 5.54 Å². The number of rotatable bonds is 0. The lowest BCUT2D eigenvalue weighted by molar-refractivity contribution is 0.491. The lowest BCUT2D eigenvalue weighted by atomic mass is 9.84. The first kappa shape index (κ1) is 7.17. The van der Waals surface area contributed by atoms with E-state index in [0.29, 0.717) is 0 Å². The molecule has 5 rings (SSSR count). The van der Waals surface area contributed by atoms with E-state index in [9.17, 15) is 0 Å². The van der Waals surface area contributed by atoms with E-state index < -0.39 is 0 Å². The predicted molar refractivity (Wildman–Crippen MR) is 61.1 cm³/mol. The van der Waals surface area contributed by atoms with Crippen LogP contribution in [-0.4, -0.2) is 6.21 Å². The third-order valence-corrected chi connectivity index (χ3v) is 3.80. The summed E-state index contributed by atoms with van der Waals surface area (Å²) in [6, 6.07) is 4.24. The van der Waals surface area contributed by atoms with Crippen molar-refractivity contribution in [3.63, 3.8) is 0 Å². The zero-order chi connectivity index (χ0) is 10.3. The molecule has 74 valence electrons. The third-order valence-electron chi connectivity index (χ3n) is 3.80. The average molecular weight is 205 g/mol. The number of hydrogen-bond acceptors (Lipinski definition) is 3. The first-order valence-corrected chi connectivity index (χ1v) is 5.37. The Morgan fingerprint density at radius 2 is 2.25 bits per heavy atom. The van der Waals surface area contributed by atoms with Gasteiger partial charge >= 0.3 is 0 Å². The quantitative estimate of drug-likeness (QED) is 0.644. The van der Waals surface area contributed by atoms with Crippen LogP contribution >= 0.6 is 0 Å². The van der Waals surface area contributed by atoms with Gasteiger partial charge in [0.2, 0.25) is 0 Å².